The highest BCUT2D eigenvalue weighted by Gasteiger charge is 2.21. The van der Waals surface area contributed by atoms with E-state index in [1.165, 1.54) is 0 Å². The first-order chi connectivity index (χ1) is 10.1. The Bertz CT molecular complexity index is 678. The zero-order valence-corrected chi connectivity index (χ0v) is 12.5. The topological polar surface area (TPSA) is 61.9 Å². The molecule has 0 saturated heterocycles. The van der Waals surface area contributed by atoms with Crippen LogP contribution in [0.2, 0.25) is 0 Å². The van der Waals surface area contributed by atoms with Crippen molar-refractivity contribution in [3.8, 4) is 11.4 Å². The Morgan fingerprint density at radius 2 is 2.29 bits per heavy atom. The zero-order chi connectivity index (χ0) is 14.8. The second-order valence-electron chi connectivity index (χ2n) is 5.96. The summed E-state index contributed by atoms with van der Waals surface area (Å²) in [6.45, 7) is 7.15. The Morgan fingerprint density at radius 1 is 1.43 bits per heavy atom. The minimum Gasteiger partial charge on any atom is -0.306 e. The van der Waals surface area contributed by atoms with E-state index in [9.17, 15) is 4.79 Å². The molecule has 0 aromatic carbocycles. The predicted octanol–water partition coefficient (Wildman–Crippen LogP) is 1.85. The largest absolute Gasteiger partial charge is 0.306 e. The molecule has 0 spiro atoms. The summed E-state index contributed by atoms with van der Waals surface area (Å²) in [7, 11) is 0. The molecule has 0 radical (unpaired) electrons. The molecule has 1 N–H and O–H groups in total. The van der Waals surface area contributed by atoms with Gasteiger partial charge < -0.3 is 4.98 Å². The van der Waals surface area contributed by atoms with Crippen LogP contribution in [-0.2, 0) is 13.0 Å². The zero-order valence-electron chi connectivity index (χ0n) is 12.5. The smallest absolute Gasteiger partial charge is 0.254 e. The van der Waals surface area contributed by atoms with E-state index in [1.54, 1.807) is 12.4 Å². The van der Waals surface area contributed by atoms with E-state index in [0.29, 0.717) is 11.7 Å². The third-order valence-corrected chi connectivity index (χ3v) is 3.71. The molecule has 2 aromatic rings. The summed E-state index contributed by atoms with van der Waals surface area (Å²) in [5.74, 6) is 1.23. The molecule has 5 nitrogen and oxygen atoms in total. The third kappa shape index (κ3) is 3.03. The molecule has 0 bridgehead atoms. The van der Waals surface area contributed by atoms with Crippen LogP contribution in [-0.4, -0.2) is 32.9 Å². The molecule has 21 heavy (non-hydrogen) atoms. The Kier molecular flexibility index (Phi) is 3.84. The van der Waals surface area contributed by atoms with Gasteiger partial charge in [0.15, 0.2) is 0 Å². The lowest BCUT2D eigenvalue weighted by atomic mass is 10.0. The summed E-state index contributed by atoms with van der Waals surface area (Å²) in [5, 5.41) is 0. The summed E-state index contributed by atoms with van der Waals surface area (Å²) in [5.41, 5.74) is 2.58. The van der Waals surface area contributed by atoms with Gasteiger partial charge in [-0.1, -0.05) is 13.8 Å². The fourth-order valence-corrected chi connectivity index (χ4v) is 2.81. The normalized spacial score (nSPS) is 15.2. The number of hydrogen-bond acceptors (Lipinski definition) is 4. The number of aromatic nitrogens is 3. The van der Waals surface area contributed by atoms with E-state index in [-0.39, 0.29) is 5.56 Å². The molecule has 0 saturated carbocycles. The van der Waals surface area contributed by atoms with Crippen molar-refractivity contribution < 1.29 is 0 Å². The van der Waals surface area contributed by atoms with Gasteiger partial charge >= 0.3 is 0 Å². The fraction of sp³-hybridized carbons (Fsp3) is 0.438. The Labute approximate surface area is 124 Å². The van der Waals surface area contributed by atoms with Gasteiger partial charge in [-0.05, 0) is 24.5 Å². The average molecular weight is 284 g/mol. The van der Waals surface area contributed by atoms with Crippen LogP contribution >= 0.6 is 0 Å². The summed E-state index contributed by atoms with van der Waals surface area (Å²) in [6, 6.07) is 3.76. The van der Waals surface area contributed by atoms with Crippen LogP contribution in [0.1, 0.15) is 25.1 Å². The van der Waals surface area contributed by atoms with E-state index in [2.05, 4.69) is 33.7 Å². The number of hydrogen-bond donors (Lipinski definition) is 1. The molecule has 0 fully saturated rings. The van der Waals surface area contributed by atoms with E-state index in [0.717, 1.165) is 42.9 Å². The van der Waals surface area contributed by atoms with E-state index >= 15 is 0 Å². The van der Waals surface area contributed by atoms with Gasteiger partial charge in [-0.3, -0.25) is 14.7 Å². The van der Waals surface area contributed by atoms with E-state index in [1.807, 2.05) is 12.1 Å². The lowest BCUT2D eigenvalue weighted by molar-refractivity contribution is 0.222. The van der Waals surface area contributed by atoms with Crippen LogP contribution < -0.4 is 5.56 Å². The number of rotatable bonds is 3. The van der Waals surface area contributed by atoms with E-state index < -0.39 is 0 Å². The summed E-state index contributed by atoms with van der Waals surface area (Å²) in [6.07, 6.45) is 4.21. The van der Waals surface area contributed by atoms with Gasteiger partial charge in [-0.2, -0.15) is 0 Å². The first kappa shape index (κ1) is 13.9. The van der Waals surface area contributed by atoms with Crippen molar-refractivity contribution in [2.24, 2.45) is 5.92 Å². The lowest BCUT2D eigenvalue weighted by Crippen LogP contribution is -2.37. The summed E-state index contributed by atoms with van der Waals surface area (Å²) in [4.78, 5) is 26.3. The number of nitrogens with zero attached hydrogens (tertiary/aromatic N) is 3. The number of nitrogens with one attached hydrogen (secondary N) is 1. The molecule has 0 amide bonds. The molecule has 1 aliphatic heterocycles. The number of H-pyrrole nitrogens is 1. The highest BCUT2D eigenvalue weighted by Crippen LogP contribution is 2.18. The van der Waals surface area contributed by atoms with Gasteiger partial charge in [0.1, 0.15) is 5.82 Å². The Balaban J connectivity index is 1.95. The first-order valence-corrected chi connectivity index (χ1v) is 7.38. The molecule has 0 aliphatic carbocycles. The maximum Gasteiger partial charge on any atom is 0.254 e. The molecule has 110 valence electrons. The average Bonchev–Trinajstić information content (AvgIpc) is 2.47. The van der Waals surface area contributed by atoms with Crippen molar-refractivity contribution in [3.05, 3.63) is 46.1 Å². The van der Waals surface area contributed by atoms with Gasteiger partial charge in [-0.25, -0.2) is 4.98 Å². The quantitative estimate of drug-likeness (QED) is 0.934. The highest BCUT2D eigenvalue weighted by atomic mass is 16.1. The molecule has 0 unspecified atom stereocenters. The second kappa shape index (κ2) is 5.77. The summed E-state index contributed by atoms with van der Waals surface area (Å²) < 4.78 is 0. The minimum atomic E-state index is -0.0111. The van der Waals surface area contributed by atoms with Gasteiger partial charge in [0.05, 0.1) is 5.69 Å². The SMILES string of the molecule is CC(C)CN1CCc2c(nc(-c3cccnc3)[nH]c2=O)C1. The van der Waals surface area contributed by atoms with Crippen LogP contribution in [0, 0.1) is 5.92 Å². The fourth-order valence-electron chi connectivity index (χ4n) is 2.81. The van der Waals surface area contributed by atoms with Crippen molar-refractivity contribution in [1.29, 1.82) is 0 Å². The van der Waals surface area contributed by atoms with Crippen LogP contribution in [0.3, 0.4) is 0 Å². The van der Waals surface area contributed by atoms with Crippen LogP contribution in [0.15, 0.2) is 29.3 Å². The van der Waals surface area contributed by atoms with Crippen molar-refractivity contribution in [2.75, 3.05) is 13.1 Å². The van der Waals surface area contributed by atoms with Crippen LogP contribution in [0.4, 0.5) is 0 Å². The lowest BCUT2D eigenvalue weighted by Gasteiger charge is -2.28. The molecular formula is C16H20N4O. The molecule has 1 aliphatic rings. The first-order valence-electron chi connectivity index (χ1n) is 7.38. The van der Waals surface area contributed by atoms with Crippen molar-refractivity contribution in [3.63, 3.8) is 0 Å². The van der Waals surface area contributed by atoms with Gasteiger partial charge in [0.2, 0.25) is 0 Å². The molecule has 5 heteroatoms. The number of pyridine rings is 1. The Morgan fingerprint density at radius 3 is 3.00 bits per heavy atom. The maximum absolute atomic E-state index is 12.3. The van der Waals surface area contributed by atoms with Crippen molar-refractivity contribution in [1.82, 2.24) is 19.9 Å². The van der Waals surface area contributed by atoms with Crippen LogP contribution in [0.25, 0.3) is 11.4 Å². The van der Waals surface area contributed by atoms with Crippen molar-refractivity contribution in [2.45, 2.75) is 26.8 Å². The number of aromatic amines is 1. The van der Waals surface area contributed by atoms with E-state index in [4.69, 9.17) is 0 Å². The van der Waals surface area contributed by atoms with Gasteiger partial charge in [0.25, 0.3) is 5.56 Å². The minimum absolute atomic E-state index is 0.0111. The maximum atomic E-state index is 12.3. The van der Waals surface area contributed by atoms with Gasteiger partial charge in [0, 0.05) is 43.2 Å². The predicted molar refractivity (Wildman–Crippen MR) is 81.9 cm³/mol. The third-order valence-electron chi connectivity index (χ3n) is 3.71. The monoisotopic (exact) mass is 284 g/mol. The molecule has 3 rings (SSSR count). The standard InChI is InChI=1S/C16H20N4O/c1-11(2)9-20-7-5-13-14(10-20)18-15(19-16(13)21)12-4-3-6-17-8-12/h3-4,6,8,11H,5,7,9-10H2,1-2H3,(H,18,19,21). The van der Waals surface area contributed by atoms with Crippen molar-refractivity contribution >= 4 is 0 Å². The molecule has 0 atom stereocenters. The molecule has 3 heterocycles. The highest BCUT2D eigenvalue weighted by molar-refractivity contribution is 5.53. The number of fused-ring (bicyclic) bond motifs is 1. The summed E-state index contributed by atoms with van der Waals surface area (Å²) >= 11 is 0. The molecule has 2 aromatic heterocycles. The molecular weight excluding hydrogens is 264 g/mol. The van der Waals surface area contributed by atoms with Crippen LogP contribution in [0.5, 0.6) is 0 Å². The van der Waals surface area contributed by atoms with Gasteiger partial charge in [-0.15, -0.1) is 0 Å². The second-order valence-corrected chi connectivity index (χ2v) is 5.96. The Hall–Kier alpha value is -2.01.